The van der Waals surface area contributed by atoms with Crippen LogP contribution in [0, 0.1) is 12.8 Å². The first-order valence-corrected chi connectivity index (χ1v) is 8.50. The van der Waals surface area contributed by atoms with Crippen LogP contribution in [0.3, 0.4) is 0 Å². The summed E-state index contributed by atoms with van der Waals surface area (Å²) in [6, 6.07) is 7.89. The number of aryl methyl sites for hydroxylation is 1. The SMILES string of the molecule is Cc1ccc(OCc2nnc(SCC3CCCOC3)o2)cc1. The van der Waals surface area contributed by atoms with E-state index in [-0.39, 0.29) is 0 Å². The second-order valence-electron chi connectivity index (χ2n) is 5.46. The van der Waals surface area contributed by atoms with Crippen LogP contribution in [0.4, 0.5) is 0 Å². The summed E-state index contributed by atoms with van der Waals surface area (Å²) in [5.74, 6) is 2.85. The molecule has 0 spiro atoms. The summed E-state index contributed by atoms with van der Waals surface area (Å²) in [5, 5.41) is 8.68. The van der Waals surface area contributed by atoms with Crippen molar-refractivity contribution < 1.29 is 13.9 Å². The third-order valence-electron chi connectivity index (χ3n) is 3.53. The molecule has 1 atom stereocenters. The summed E-state index contributed by atoms with van der Waals surface area (Å²) in [7, 11) is 0. The van der Waals surface area contributed by atoms with E-state index in [1.54, 1.807) is 11.8 Å². The Morgan fingerprint density at radius 2 is 2.14 bits per heavy atom. The Morgan fingerprint density at radius 3 is 2.91 bits per heavy atom. The summed E-state index contributed by atoms with van der Waals surface area (Å²) in [6.45, 7) is 4.07. The van der Waals surface area contributed by atoms with E-state index in [1.807, 2.05) is 31.2 Å². The number of rotatable bonds is 6. The highest BCUT2D eigenvalue weighted by molar-refractivity contribution is 7.99. The van der Waals surface area contributed by atoms with Gasteiger partial charge in [0.05, 0.1) is 6.61 Å². The van der Waals surface area contributed by atoms with Crippen molar-refractivity contribution in [2.24, 2.45) is 5.92 Å². The van der Waals surface area contributed by atoms with Gasteiger partial charge in [0.15, 0.2) is 6.61 Å². The molecule has 5 nitrogen and oxygen atoms in total. The van der Waals surface area contributed by atoms with Crippen molar-refractivity contribution >= 4 is 11.8 Å². The molecule has 0 radical (unpaired) electrons. The first kappa shape index (κ1) is 15.4. The number of benzene rings is 1. The summed E-state index contributed by atoms with van der Waals surface area (Å²) in [4.78, 5) is 0. The van der Waals surface area contributed by atoms with E-state index in [0.29, 0.717) is 23.6 Å². The van der Waals surface area contributed by atoms with Gasteiger partial charge in [0.1, 0.15) is 5.75 Å². The zero-order valence-corrected chi connectivity index (χ0v) is 13.5. The number of nitrogens with zero attached hydrogens (tertiary/aromatic N) is 2. The maximum atomic E-state index is 5.63. The summed E-state index contributed by atoms with van der Waals surface area (Å²) in [5.41, 5.74) is 1.20. The Morgan fingerprint density at radius 1 is 1.27 bits per heavy atom. The Balaban J connectivity index is 1.45. The standard InChI is InChI=1S/C16H20N2O3S/c1-12-4-6-14(7-5-12)20-10-15-17-18-16(21-15)22-11-13-3-2-8-19-9-13/h4-7,13H,2-3,8-11H2,1H3. The van der Waals surface area contributed by atoms with Gasteiger partial charge in [-0.2, -0.15) is 0 Å². The van der Waals surface area contributed by atoms with Crippen LogP contribution in [-0.2, 0) is 11.3 Å². The molecule has 0 bridgehead atoms. The highest BCUT2D eigenvalue weighted by Crippen LogP contribution is 2.24. The fourth-order valence-corrected chi connectivity index (χ4v) is 3.16. The lowest BCUT2D eigenvalue weighted by molar-refractivity contribution is 0.0631. The van der Waals surface area contributed by atoms with Crippen molar-refractivity contribution in [2.45, 2.75) is 31.6 Å². The van der Waals surface area contributed by atoms with Crippen molar-refractivity contribution in [1.29, 1.82) is 0 Å². The normalized spacial score (nSPS) is 18.3. The van der Waals surface area contributed by atoms with Gasteiger partial charge in [-0.15, -0.1) is 10.2 Å². The van der Waals surface area contributed by atoms with Crippen LogP contribution in [0.2, 0.25) is 0 Å². The van der Waals surface area contributed by atoms with Crippen LogP contribution in [-0.4, -0.2) is 29.2 Å². The Bertz CT molecular complexity index is 579. The van der Waals surface area contributed by atoms with Crippen LogP contribution >= 0.6 is 11.8 Å². The summed E-state index contributed by atoms with van der Waals surface area (Å²) < 4.78 is 16.7. The van der Waals surface area contributed by atoms with Crippen LogP contribution in [0.15, 0.2) is 33.9 Å². The van der Waals surface area contributed by atoms with Gasteiger partial charge in [-0.25, -0.2) is 0 Å². The Labute approximate surface area is 134 Å². The van der Waals surface area contributed by atoms with Crippen molar-refractivity contribution in [3.8, 4) is 5.75 Å². The summed E-state index contributed by atoms with van der Waals surface area (Å²) in [6.07, 6.45) is 2.36. The molecular formula is C16H20N2O3S. The molecule has 6 heteroatoms. The molecule has 1 aromatic heterocycles. The molecule has 0 saturated carbocycles. The van der Waals surface area contributed by atoms with Gasteiger partial charge in [0.2, 0.25) is 0 Å². The van der Waals surface area contributed by atoms with Crippen molar-refractivity contribution in [1.82, 2.24) is 10.2 Å². The largest absolute Gasteiger partial charge is 0.484 e. The second-order valence-corrected chi connectivity index (χ2v) is 6.43. The zero-order valence-electron chi connectivity index (χ0n) is 12.7. The fraction of sp³-hybridized carbons (Fsp3) is 0.500. The number of hydrogen-bond acceptors (Lipinski definition) is 6. The maximum absolute atomic E-state index is 5.63. The van der Waals surface area contributed by atoms with Crippen LogP contribution < -0.4 is 4.74 Å². The molecule has 118 valence electrons. The molecule has 1 aromatic carbocycles. The van der Waals surface area contributed by atoms with Gasteiger partial charge in [-0.05, 0) is 37.8 Å². The van der Waals surface area contributed by atoms with E-state index in [0.717, 1.165) is 31.1 Å². The Hall–Kier alpha value is -1.53. The fourth-order valence-electron chi connectivity index (χ4n) is 2.26. The highest BCUT2D eigenvalue weighted by Gasteiger charge is 2.16. The van der Waals surface area contributed by atoms with Crippen molar-refractivity contribution in [3.05, 3.63) is 35.7 Å². The van der Waals surface area contributed by atoms with E-state index in [1.165, 1.54) is 12.0 Å². The van der Waals surface area contributed by atoms with Crippen LogP contribution in [0.5, 0.6) is 5.75 Å². The molecule has 2 heterocycles. The van der Waals surface area contributed by atoms with Crippen LogP contribution in [0.25, 0.3) is 0 Å². The predicted molar refractivity (Wildman–Crippen MR) is 84.1 cm³/mol. The molecule has 1 saturated heterocycles. The second kappa shape index (κ2) is 7.65. The predicted octanol–water partition coefficient (Wildman–Crippen LogP) is 3.48. The van der Waals surface area contributed by atoms with Gasteiger partial charge in [0.25, 0.3) is 11.1 Å². The lowest BCUT2D eigenvalue weighted by Gasteiger charge is -2.20. The van der Waals surface area contributed by atoms with Crippen molar-refractivity contribution in [3.63, 3.8) is 0 Å². The van der Waals surface area contributed by atoms with E-state index in [9.17, 15) is 0 Å². The molecule has 1 aliphatic heterocycles. The smallest absolute Gasteiger partial charge is 0.276 e. The molecule has 0 aliphatic carbocycles. The first-order chi connectivity index (χ1) is 10.8. The molecule has 1 aliphatic rings. The van der Waals surface area contributed by atoms with Crippen molar-refractivity contribution in [2.75, 3.05) is 19.0 Å². The summed E-state index contributed by atoms with van der Waals surface area (Å²) >= 11 is 1.60. The highest BCUT2D eigenvalue weighted by atomic mass is 32.2. The van der Waals surface area contributed by atoms with Gasteiger partial charge in [-0.3, -0.25) is 0 Å². The first-order valence-electron chi connectivity index (χ1n) is 7.52. The monoisotopic (exact) mass is 320 g/mol. The topological polar surface area (TPSA) is 57.4 Å². The van der Waals surface area contributed by atoms with Crippen LogP contribution in [0.1, 0.15) is 24.3 Å². The number of aromatic nitrogens is 2. The zero-order chi connectivity index (χ0) is 15.2. The van der Waals surface area contributed by atoms with Gasteiger partial charge in [0, 0.05) is 12.4 Å². The number of hydrogen-bond donors (Lipinski definition) is 0. The quantitative estimate of drug-likeness (QED) is 0.760. The van der Waals surface area contributed by atoms with Gasteiger partial charge in [-0.1, -0.05) is 29.5 Å². The van der Waals surface area contributed by atoms with E-state index >= 15 is 0 Å². The molecule has 3 rings (SSSR count). The van der Waals surface area contributed by atoms with Gasteiger partial charge >= 0.3 is 0 Å². The molecule has 1 fully saturated rings. The average molecular weight is 320 g/mol. The number of ether oxygens (including phenoxy) is 2. The minimum Gasteiger partial charge on any atom is -0.484 e. The number of thioether (sulfide) groups is 1. The third-order valence-corrected chi connectivity index (χ3v) is 4.58. The molecule has 0 N–H and O–H groups in total. The lowest BCUT2D eigenvalue weighted by Crippen LogP contribution is -2.19. The molecule has 1 unspecified atom stereocenters. The molecule has 22 heavy (non-hydrogen) atoms. The minimum atomic E-state index is 0.295. The third kappa shape index (κ3) is 4.48. The average Bonchev–Trinajstić information content (AvgIpc) is 3.01. The molecule has 2 aromatic rings. The maximum Gasteiger partial charge on any atom is 0.276 e. The lowest BCUT2D eigenvalue weighted by atomic mass is 10.1. The Kier molecular flexibility index (Phi) is 5.34. The minimum absolute atomic E-state index is 0.295. The van der Waals surface area contributed by atoms with E-state index in [4.69, 9.17) is 13.9 Å². The van der Waals surface area contributed by atoms with E-state index < -0.39 is 0 Å². The van der Waals surface area contributed by atoms with E-state index in [2.05, 4.69) is 10.2 Å². The molecule has 0 amide bonds. The molecular weight excluding hydrogens is 300 g/mol. The van der Waals surface area contributed by atoms with Gasteiger partial charge < -0.3 is 13.9 Å².